The summed E-state index contributed by atoms with van der Waals surface area (Å²) in [4.78, 5) is 20.4. The van der Waals surface area contributed by atoms with Crippen LogP contribution in [0.15, 0.2) is 48.7 Å². The molecule has 0 unspecified atom stereocenters. The van der Waals surface area contributed by atoms with E-state index in [1.807, 2.05) is 13.0 Å². The predicted molar refractivity (Wildman–Crippen MR) is 102 cm³/mol. The van der Waals surface area contributed by atoms with Crippen LogP contribution < -0.4 is 10.1 Å². The molecule has 156 valence electrons. The number of hydrogen-bond acceptors (Lipinski definition) is 5. The molecule has 1 aromatic carbocycles. The van der Waals surface area contributed by atoms with Crippen molar-refractivity contribution in [2.45, 2.75) is 25.1 Å². The molecule has 1 aliphatic heterocycles. The van der Waals surface area contributed by atoms with Crippen LogP contribution in [-0.2, 0) is 22.1 Å². The van der Waals surface area contributed by atoms with Gasteiger partial charge in [0.2, 0.25) is 11.8 Å². The Labute approximate surface area is 170 Å². The van der Waals surface area contributed by atoms with Crippen LogP contribution in [0.1, 0.15) is 18.2 Å². The molecule has 0 atom stereocenters. The molecule has 9 heteroatoms. The number of ether oxygens (including phenoxy) is 2. The number of halogens is 3. The average molecular weight is 417 g/mol. The summed E-state index contributed by atoms with van der Waals surface area (Å²) in [6, 6.07) is 10.7. The topological polar surface area (TPSA) is 73.3 Å². The van der Waals surface area contributed by atoms with Gasteiger partial charge >= 0.3 is 6.18 Å². The zero-order valence-corrected chi connectivity index (χ0v) is 16.0. The normalized spacial score (nSPS) is 15.5. The number of aromatic nitrogens is 2. The second kappa shape index (κ2) is 7.56. The van der Waals surface area contributed by atoms with E-state index in [4.69, 9.17) is 9.47 Å². The molecule has 0 aliphatic carbocycles. The van der Waals surface area contributed by atoms with Crippen LogP contribution in [0.3, 0.4) is 0 Å². The van der Waals surface area contributed by atoms with Gasteiger partial charge in [-0.3, -0.25) is 9.78 Å². The summed E-state index contributed by atoms with van der Waals surface area (Å²) in [7, 11) is 0. The number of carbonyl (C=O) groups excluding carboxylic acids is 1. The number of hydrogen-bond donors (Lipinski definition) is 1. The van der Waals surface area contributed by atoms with E-state index in [2.05, 4.69) is 15.3 Å². The predicted octanol–water partition coefficient (Wildman–Crippen LogP) is 3.89. The minimum absolute atomic E-state index is 0.0528. The van der Waals surface area contributed by atoms with Gasteiger partial charge in [-0.2, -0.15) is 13.2 Å². The summed E-state index contributed by atoms with van der Waals surface area (Å²) in [5.41, 5.74) is 0.146. The van der Waals surface area contributed by atoms with Gasteiger partial charge in [0.25, 0.3) is 0 Å². The number of nitrogens with zero attached hydrogens (tertiary/aromatic N) is 2. The van der Waals surface area contributed by atoms with Crippen molar-refractivity contribution in [1.82, 2.24) is 15.3 Å². The maximum absolute atomic E-state index is 12.6. The van der Waals surface area contributed by atoms with Gasteiger partial charge in [0.15, 0.2) is 0 Å². The minimum atomic E-state index is -4.45. The molecule has 4 rings (SSSR count). The molecule has 2 aromatic heterocycles. The molecule has 1 fully saturated rings. The number of nitrogens with one attached hydrogen (secondary N) is 1. The molecule has 1 saturated heterocycles. The quantitative estimate of drug-likeness (QED) is 0.682. The van der Waals surface area contributed by atoms with Crippen LogP contribution in [0.4, 0.5) is 13.2 Å². The smallest absolute Gasteiger partial charge is 0.417 e. The summed E-state index contributed by atoms with van der Waals surface area (Å²) in [5.74, 6) is 0.345. The lowest BCUT2D eigenvalue weighted by Crippen LogP contribution is -2.60. The van der Waals surface area contributed by atoms with Crippen LogP contribution in [0, 0.1) is 0 Å². The highest BCUT2D eigenvalue weighted by molar-refractivity contribution is 5.83. The van der Waals surface area contributed by atoms with Crippen LogP contribution >= 0.6 is 0 Å². The molecule has 30 heavy (non-hydrogen) atoms. The van der Waals surface area contributed by atoms with Gasteiger partial charge in [-0.1, -0.05) is 6.07 Å². The van der Waals surface area contributed by atoms with Crippen LogP contribution in [0.25, 0.3) is 10.9 Å². The molecular weight excluding hydrogens is 399 g/mol. The van der Waals surface area contributed by atoms with Crippen molar-refractivity contribution >= 4 is 16.8 Å². The summed E-state index contributed by atoms with van der Waals surface area (Å²) >= 11 is 0. The summed E-state index contributed by atoms with van der Waals surface area (Å²) < 4.78 is 48.5. The minimum Gasteiger partial charge on any atom is -0.439 e. The third kappa shape index (κ3) is 4.51. The Bertz CT molecular complexity index is 1080. The Morgan fingerprint density at radius 3 is 2.63 bits per heavy atom. The average Bonchev–Trinajstić information content (AvgIpc) is 2.66. The molecule has 0 saturated carbocycles. The first kappa shape index (κ1) is 20.1. The lowest BCUT2D eigenvalue weighted by Gasteiger charge is -2.38. The maximum Gasteiger partial charge on any atom is 0.417 e. The molecule has 0 bridgehead atoms. The van der Waals surface area contributed by atoms with Gasteiger partial charge in [0.05, 0.1) is 41.9 Å². The van der Waals surface area contributed by atoms with E-state index in [0.717, 1.165) is 17.6 Å². The number of pyridine rings is 2. The Morgan fingerprint density at radius 2 is 2.00 bits per heavy atom. The second-order valence-electron chi connectivity index (χ2n) is 7.42. The van der Waals surface area contributed by atoms with Gasteiger partial charge in [0, 0.05) is 17.6 Å². The second-order valence-corrected chi connectivity index (χ2v) is 7.42. The molecule has 3 heterocycles. The van der Waals surface area contributed by atoms with Crippen molar-refractivity contribution in [2.75, 3.05) is 13.2 Å². The van der Waals surface area contributed by atoms with Crippen molar-refractivity contribution in [3.8, 4) is 11.6 Å². The first-order valence-electron chi connectivity index (χ1n) is 9.20. The molecule has 3 aromatic rings. The fourth-order valence-electron chi connectivity index (χ4n) is 3.06. The standard InChI is InChI=1S/C21H18F3N3O3/c1-20(11-29-12-20)27-18(28)9-15-4-2-13-8-16(5-6-17(13)26-15)30-19-7-3-14(10-25-19)21(22,23)24/h2-8,10H,9,11-12H2,1H3,(H,27,28). The summed E-state index contributed by atoms with van der Waals surface area (Å²) in [6.07, 6.45) is -3.57. The van der Waals surface area contributed by atoms with E-state index >= 15 is 0 Å². The Morgan fingerprint density at radius 1 is 1.20 bits per heavy atom. The zero-order chi connectivity index (χ0) is 21.4. The van der Waals surface area contributed by atoms with E-state index < -0.39 is 11.7 Å². The van der Waals surface area contributed by atoms with Gasteiger partial charge in [0.1, 0.15) is 5.75 Å². The molecule has 0 radical (unpaired) electrons. The van der Waals surface area contributed by atoms with Gasteiger partial charge in [-0.15, -0.1) is 0 Å². The molecule has 0 spiro atoms. The highest BCUT2D eigenvalue weighted by Crippen LogP contribution is 2.30. The van der Waals surface area contributed by atoms with Crippen molar-refractivity contribution in [3.05, 3.63) is 59.9 Å². The number of carbonyl (C=O) groups is 1. The number of rotatable bonds is 5. The van der Waals surface area contributed by atoms with Crippen LogP contribution in [-0.4, -0.2) is 34.6 Å². The van der Waals surface area contributed by atoms with Crippen LogP contribution in [0.2, 0.25) is 0 Å². The van der Waals surface area contributed by atoms with Crippen LogP contribution in [0.5, 0.6) is 11.6 Å². The SMILES string of the molecule is CC1(NC(=O)Cc2ccc3cc(Oc4ccc(C(F)(F)F)cn4)ccc3n2)COC1. The zero-order valence-electron chi connectivity index (χ0n) is 16.0. The fraction of sp³-hybridized carbons (Fsp3) is 0.286. The number of alkyl halides is 3. The molecule has 1 N–H and O–H groups in total. The lowest BCUT2D eigenvalue weighted by molar-refractivity contribution is -0.137. The molecule has 6 nitrogen and oxygen atoms in total. The number of fused-ring (bicyclic) bond motifs is 1. The fourth-order valence-corrected chi connectivity index (χ4v) is 3.06. The lowest BCUT2D eigenvalue weighted by atomic mass is 10.0. The van der Waals surface area contributed by atoms with Crippen molar-refractivity contribution in [2.24, 2.45) is 0 Å². The summed E-state index contributed by atoms with van der Waals surface area (Å²) in [6.45, 7) is 2.93. The first-order valence-corrected chi connectivity index (χ1v) is 9.20. The van der Waals surface area contributed by atoms with Crippen molar-refractivity contribution < 1.29 is 27.4 Å². The third-order valence-corrected chi connectivity index (χ3v) is 4.63. The monoisotopic (exact) mass is 417 g/mol. The maximum atomic E-state index is 12.6. The Kier molecular flexibility index (Phi) is 5.07. The van der Waals surface area contributed by atoms with E-state index in [0.29, 0.717) is 30.2 Å². The van der Waals surface area contributed by atoms with E-state index in [9.17, 15) is 18.0 Å². The summed E-state index contributed by atoms with van der Waals surface area (Å²) in [5, 5.41) is 3.70. The Balaban J connectivity index is 1.44. The highest BCUT2D eigenvalue weighted by atomic mass is 19.4. The molecule has 1 amide bonds. The largest absolute Gasteiger partial charge is 0.439 e. The van der Waals surface area contributed by atoms with Gasteiger partial charge < -0.3 is 14.8 Å². The first-order chi connectivity index (χ1) is 14.2. The molecule has 1 aliphatic rings. The van der Waals surface area contributed by atoms with E-state index in [1.165, 1.54) is 6.07 Å². The molecular formula is C21H18F3N3O3. The van der Waals surface area contributed by atoms with Crippen molar-refractivity contribution in [1.29, 1.82) is 0 Å². The van der Waals surface area contributed by atoms with Gasteiger partial charge in [-0.25, -0.2) is 4.98 Å². The Hall–Kier alpha value is -3.20. The van der Waals surface area contributed by atoms with Crippen molar-refractivity contribution in [3.63, 3.8) is 0 Å². The highest BCUT2D eigenvalue weighted by Gasteiger charge is 2.34. The number of amides is 1. The van der Waals surface area contributed by atoms with Gasteiger partial charge in [-0.05, 0) is 37.3 Å². The number of benzene rings is 1. The van der Waals surface area contributed by atoms with E-state index in [1.54, 1.807) is 24.3 Å². The third-order valence-electron chi connectivity index (χ3n) is 4.63. The van der Waals surface area contributed by atoms with E-state index in [-0.39, 0.29) is 23.7 Å².